The third kappa shape index (κ3) is 3.07. The first-order valence-electron chi connectivity index (χ1n) is 4.65. The number of aliphatic hydroxyl groups excluding tert-OH is 1. The molecule has 72 valence electrons. The Morgan fingerprint density at radius 3 is 2.31 bits per heavy atom. The Kier molecular flexibility index (Phi) is 3.77. The summed E-state index contributed by atoms with van der Waals surface area (Å²) in [5.41, 5.74) is 1.17. The zero-order valence-electron chi connectivity index (χ0n) is 7.90. The van der Waals surface area contributed by atoms with Gasteiger partial charge in [0.2, 0.25) is 0 Å². The highest BCUT2D eigenvalue weighted by molar-refractivity contribution is 5.26. The van der Waals surface area contributed by atoms with Crippen molar-refractivity contribution in [2.75, 3.05) is 6.61 Å². The first kappa shape index (κ1) is 10.1. The summed E-state index contributed by atoms with van der Waals surface area (Å²) in [5.74, 6) is 0.630. The normalized spacial score (nSPS) is 12.8. The number of phenolic OH excluding ortho intramolecular Hbond substituents is 1. The largest absolute Gasteiger partial charge is 0.508 e. The molecule has 0 aliphatic rings. The minimum absolute atomic E-state index is 0.234. The van der Waals surface area contributed by atoms with E-state index in [0.717, 1.165) is 12.8 Å². The van der Waals surface area contributed by atoms with Crippen LogP contribution in [0.3, 0.4) is 0 Å². The number of aromatic hydroxyl groups is 1. The van der Waals surface area contributed by atoms with Gasteiger partial charge in [0.25, 0.3) is 0 Å². The highest BCUT2D eigenvalue weighted by Crippen LogP contribution is 2.14. The van der Waals surface area contributed by atoms with Crippen molar-refractivity contribution >= 4 is 0 Å². The van der Waals surface area contributed by atoms with Gasteiger partial charge in [-0.2, -0.15) is 0 Å². The molecule has 1 aromatic rings. The molecule has 1 unspecified atom stereocenters. The van der Waals surface area contributed by atoms with E-state index in [9.17, 15) is 0 Å². The average Bonchev–Trinajstić information content (AvgIpc) is 2.17. The van der Waals surface area contributed by atoms with Crippen LogP contribution in [0.1, 0.15) is 18.9 Å². The molecule has 1 rings (SSSR count). The fraction of sp³-hybridized carbons (Fsp3) is 0.455. The standard InChI is InChI=1S/C11H16O2/c1-2-9(8-12)7-10-3-5-11(13)6-4-10/h3-6,9,12-13H,2,7-8H2,1H3. The van der Waals surface area contributed by atoms with Crippen LogP contribution >= 0.6 is 0 Å². The summed E-state index contributed by atoms with van der Waals surface area (Å²) in [5, 5.41) is 18.0. The fourth-order valence-electron chi connectivity index (χ4n) is 1.30. The highest BCUT2D eigenvalue weighted by atomic mass is 16.3. The van der Waals surface area contributed by atoms with E-state index >= 15 is 0 Å². The Labute approximate surface area is 78.8 Å². The van der Waals surface area contributed by atoms with Crippen molar-refractivity contribution in [2.24, 2.45) is 5.92 Å². The molecule has 0 saturated heterocycles. The van der Waals surface area contributed by atoms with Crippen molar-refractivity contribution in [1.29, 1.82) is 0 Å². The maximum Gasteiger partial charge on any atom is 0.115 e. The Morgan fingerprint density at radius 1 is 1.23 bits per heavy atom. The molecule has 0 spiro atoms. The first-order valence-corrected chi connectivity index (χ1v) is 4.65. The Bertz CT molecular complexity index is 237. The Balaban J connectivity index is 2.58. The van der Waals surface area contributed by atoms with Gasteiger partial charge in [-0.25, -0.2) is 0 Å². The Morgan fingerprint density at radius 2 is 1.85 bits per heavy atom. The lowest BCUT2D eigenvalue weighted by Crippen LogP contribution is -2.07. The van der Waals surface area contributed by atoms with E-state index in [1.807, 2.05) is 12.1 Å². The Hall–Kier alpha value is -1.02. The molecule has 2 nitrogen and oxygen atoms in total. The third-order valence-electron chi connectivity index (χ3n) is 2.30. The van der Waals surface area contributed by atoms with Crippen molar-refractivity contribution in [1.82, 2.24) is 0 Å². The molecule has 0 fully saturated rings. The number of hydrogen-bond acceptors (Lipinski definition) is 2. The molecule has 0 bridgehead atoms. The van der Waals surface area contributed by atoms with E-state index in [1.165, 1.54) is 5.56 Å². The summed E-state index contributed by atoms with van der Waals surface area (Å²) in [7, 11) is 0. The van der Waals surface area contributed by atoms with E-state index in [1.54, 1.807) is 12.1 Å². The lowest BCUT2D eigenvalue weighted by molar-refractivity contribution is 0.222. The monoisotopic (exact) mass is 180 g/mol. The summed E-state index contributed by atoms with van der Waals surface area (Å²) in [6.45, 7) is 2.30. The van der Waals surface area contributed by atoms with Crippen LogP contribution in [-0.2, 0) is 6.42 Å². The topological polar surface area (TPSA) is 40.5 Å². The summed E-state index contributed by atoms with van der Waals surface area (Å²) in [6, 6.07) is 7.15. The lowest BCUT2D eigenvalue weighted by atomic mass is 9.98. The van der Waals surface area contributed by atoms with Crippen molar-refractivity contribution in [3.05, 3.63) is 29.8 Å². The van der Waals surface area contributed by atoms with Gasteiger partial charge in [0.1, 0.15) is 5.75 Å². The van der Waals surface area contributed by atoms with Crippen LogP contribution in [0.4, 0.5) is 0 Å². The number of phenols is 1. The minimum Gasteiger partial charge on any atom is -0.508 e. The summed E-state index contributed by atoms with van der Waals surface area (Å²) >= 11 is 0. The van der Waals surface area contributed by atoms with Crippen molar-refractivity contribution in [2.45, 2.75) is 19.8 Å². The van der Waals surface area contributed by atoms with Gasteiger partial charge in [0.05, 0.1) is 0 Å². The van der Waals surface area contributed by atoms with Gasteiger partial charge in [0, 0.05) is 6.61 Å². The van der Waals surface area contributed by atoms with Crippen LogP contribution < -0.4 is 0 Å². The second kappa shape index (κ2) is 4.87. The minimum atomic E-state index is 0.234. The molecule has 0 saturated carbocycles. The maximum absolute atomic E-state index is 9.06. The molecule has 0 heterocycles. The molecule has 1 aromatic carbocycles. The van der Waals surface area contributed by atoms with Crippen LogP contribution in [0.25, 0.3) is 0 Å². The third-order valence-corrected chi connectivity index (χ3v) is 2.30. The average molecular weight is 180 g/mol. The van der Waals surface area contributed by atoms with Crippen LogP contribution in [0, 0.1) is 5.92 Å². The zero-order chi connectivity index (χ0) is 9.68. The SMILES string of the molecule is CCC(CO)Cc1ccc(O)cc1. The van der Waals surface area contributed by atoms with Crippen molar-refractivity contribution < 1.29 is 10.2 Å². The second-order valence-corrected chi connectivity index (χ2v) is 3.33. The predicted octanol–water partition coefficient (Wildman–Crippen LogP) is 1.95. The summed E-state index contributed by atoms with van der Waals surface area (Å²) in [6.07, 6.45) is 1.87. The van der Waals surface area contributed by atoms with Crippen LogP contribution in [-0.4, -0.2) is 16.8 Å². The smallest absolute Gasteiger partial charge is 0.115 e. The van der Waals surface area contributed by atoms with Gasteiger partial charge in [0.15, 0.2) is 0 Å². The van der Waals surface area contributed by atoms with E-state index in [4.69, 9.17) is 10.2 Å². The highest BCUT2D eigenvalue weighted by Gasteiger charge is 2.05. The quantitative estimate of drug-likeness (QED) is 0.743. The van der Waals surface area contributed by atoms with Gasteiger partial charge in [-0.15, -0.1) is 0 Å². The molecular weight excluding hydrogens is 164 g/mol. The summed E-state index contributed by atoms with van der Waals surface area (Å²) < 4.78 is 0. The maximum atomic E-state index is 9.06. The van der Waals surface area contributed by atoms with Gasteiger partial charge in [-0.05, 0) is 30.0 Å². The van der Waals surface area contributed by atoms with Gasteiger partial charge in [-0.1, -0.05) is 25.5 Å². The van der Waals surface area contributed by atoms with E-state index < -0.39 is 0 Å². The molecule has 0 aliphatic carbocycles. The lowest BCUT2D eigenvalue weighted by Gasteiger charge is -2.10. The molecule has 13 heavy (non-hydrogen) atoms. The number of aliphatic hydroxyl groups is 1. The van der Waals surface area contributed by atoms with Gasteiger partial charge in [-0.3, -0.25) is 0 Å². The van der Waals surface area contributed by atoms with Crippen LogP contribution in [0.5, 0.6) is 5.75 Å². The molecule has 2 heteroatoms. The fourth-order valence-corrected chi connectivity index (χ4v) is 1.30. The van der Waals surface area contributed by atoms with Gasteiger partial charge >= 0.3 is 0 Å². The molecule has 0 radical (unpaired) electrons. The van der Waals surface area contributed by atoms with E-state index in [-0.39, 0.29) is 6.61 Å². The van der Waals surface area contributed by atoms with E-state index in [2.05, 4.69) is 6.92 Å². The van der Waals surface area contributed by atoms with Crippen molar-refractivity contribution in [3.8, 4) is 5.75 Å². The molecular formula is C11H16O2. The molecule has 0 aliphatic heterocycles. The van der Waals surface area contributed by atoms with Crippen LogP contribution in [0.2, 0.25) is 0 Å². The molecule has 2 N–H and O–H groups in total. The number of rotatable bonds is 4. The molecule has 0 aromatic heterocycles. The molecule has 0 amide bonds. The predicted molar refractivity (Wildman–Crippen MR) is 52.7 cm³/mol. The summed E-state index contributed by atoms with van der Waals surface area (Å²) in [4.78, 5) is 0. The van der Waals surface area contributed by atoms with Crippen LogP contribution in [0.15, 0.2) is 24.3 Å². The molecule has 1 atom stereocenters. The zero-order valence-corrected chi connectivity index (χ0v) is 7.90. The van der Waals surface area contributed by atoms with Crippen molar-refractivity contribution in [3.63, 3.8) is 0 Å². The second-order valence-electron chi connectivity index (χ2n) is 3.33. The van der Waals surface area contributed by atoms with E-state index in [0.29, 0.717) is 11.7 Å². The van der Waals surface area contributed by atoms with Gasteiger partial charge < -0.3 is 10.2 Å². The number of hydrogen-bond donors (Lipinski definition) is 2. The number of benzene rings is 1. The first-order chi connectivity index (χ1) is 6.26.